The second-order valence-electron chi connectivity index (χ2n) is 6.88. The van der Waals surface area contributed by atoms with Crippen LogP contribution in [0.2, 0.25) is 0 Å². The van der Waals surface area contributed by atoms with Gasteiger partial charge in [-0.15, -0.1) is 0 Å². The largest absolute Gasteiger partial charge is 0.497 e. The molecule has 0 radical (unpaired) electrons. The van der Waals surface area contributed by atoms with Gasteiger partial charge < -0.3 is 10.1 Å². The van der Waals surface area contributed by atoms with Crippen LogP contribution >= 0.6 is 0 Å². The summed E-state index contributed by atoms with van der Waals surface area (Å²) in [5.41, 5.74) is 3.59. The molecule has 2 aromatic carbocycles. The quantitative estimate of drug-likeness (QED) is 0.902. The molecule has 0 aliphatic carbocycles. The Balaban J connectivity index is 1.67. The van der Waals surface area contributed by atoms with E-state index < -0.39 is 0 Å². The van der Waals surface area contributed by atoms with Gasteiger partial charge in [0.2, 0.25) is 5.91 Å². The summed E-state index contributed by atoms with van der Waals surface area (Å²) in [7, 11) is 1.65. The van der Waals surface area contributed by atoms with Crippen molar-refractivity contribution in [1.29, 1.82) is 0 Å². The van der Waals surface area contributed by atoms with Crippen molar-refractivity contribution >= 4 is 11.9 Å². The van der Waals surface area contributed by atoms with Gasteiger partial charge in [0.25, 0.3) is 0 Å². The summed E-state index contributed by atoms with van der Waals surface area (Å²) in [5, 5.41) is 2.69. The van der Waals surface area contributed by atoms with Crippen LogP contribution in [0.5, 0.6) is 5.75 Å². The summed E-state index contributed by atoms with van der Waals surface area (Å²) >= 11 is 0. The lowest BCUT2D eigenvalue weighted by Gasteiger charge is -2.37. The smallest absolute Gasteiger partial charge is 0.324 e. The van der Waals surface area contributed by atoms with E-state index in [1.54, 1.807) is 7.11 Å². The predicted molar refractivity (Wildman–Crippen MR) is 102 cm³/mol. The van der Waals surface area contributed by atoms with Gasteiger partial charge in [-0.3, -0.25) is 14.6 Å². The van der Waals surface area contributed by atoms with Crippen LogP contribution in [-0.2, 0) is 11.2 Å². The molecule has 1 N–H and O–H groups in total. The Labute approximate surface area is 158 Å². The standard InChI is InChI=1S/C21H23N3O3/c1-27-17-7-4-6-16(13-17)20-18-8-3-2-5-15(18)9-11-23(20)14-19(25)24-12-10-22-21(24)26/h2-8,13,20H,9-12,14H2,1H3,(H,22,26). The zero-order valence-corrected chi connectivity index (χ0v) is 15.4. The van der Waals surface area contributed by atoms with Crippen molar-refractivity contribution in [2.24, 2.45) is 0 Å². The van der Waals surface area contributed by atoms with Crippen molar-refractivity contribution in [3.63, 3.8) is 0 Å². The van der Waals surface area contributed by atoms with Gasteiger partial charge in [-0.1, -0.05) is 36.4 Å². The van der Waals surface area contributed by atoms with E-state index in [0.717, 1.165) is 24.3 Å². The minimum atomic E-state index is -0.296. The van der Waals surface area contributed by atoms with Gasteiger partial charge in [-0.05, 0) is 35.2 Å². The monoisotopic (exact) mass is 365 g/mol. The number of benzene rings is 2. The van der Waals surface area contributed by atoms with Crippen molar-refractivity contribution in [2.45, 2.75) is 12.5 Å². The summed E-state index contributed by atoms with van der Waals surface area (Å²) in [6.07, 6.45) is 0.885. The van der Waals surface area contributed by atoms with Crippen LogP contribution in [-0.4, -0.2) is 55.0 Å². The average Bonchev–Trinajstić information content (AvgIpc) is 3.14. The maximum atomic E-state index is 12.7. The van der Waals surface area contributed by atoms with Crippen LogP contribution in [0, 0.1) is 0 Å². The fourth-order valence-electron chi connectivity index (χ4n) is 3.96. The van der Waals surface area contributed by atoms with Crippen molar-refractivity contribution in [1.82, 2.24) is 15.1 Å². The lowest BCUT2D eigenvalue weighted by molar-refractivity contribution is -0.129. The number of nitrogens with zero attached hydrogens (tertiary/aromatic N) is 2. The highest BCUT2D eigenvalue weighted by molar-refractivity contribution is 5.96. The Morgan fingerprint density at radius 3 is 2.81 bits per heavy atom. The van der Waals surface area contributed by atoms with Crippen LogP contribution in [0.15, 0.2) is 48.5 Å². The number of nitrogens with one attached hydrogen (secondary N) is 1. The van der Waals surface area contributed by atoms with E-state index in [9.17, 15) is 9.59 Å². The van der Waals surface area contributed by atoms with E-state index in [0.29, 0.717) is 13.1 Å². The third-order valence-electron chi connectivity index (χ3n) is 5.29. The molecular weight excluding hydrogens is 342 g/mol. The molecule has 6 heteroatoms. The van der Waals surface area contributed by atoms with Gasteiger partial charge in [-0.2, -0.15) is 0 Å². The molecule has 1 saturated heterocycles. The third kappa shape index (κ3) is 3.40. The number of carbonyl (C=O) groups excluding carboxylic acids is 2. The first-order valence-electron chi connectivity index (χ1n) is 9.21. The Morgan fingerprint density at radius 1 is 1.19 bits per heavy atom. The molecule has 2 aliphatic heterocycles. The van der Waals surface area contributed by atoms with E-state index in [2.05, 4.69) is 34.5 Å². The van der Waals surface area contributed by atoms with Crippen LogP contribution < -0.4 is 10.1 Å². The van der Waals surface area contributed by atoms with Crippen LogP contribution in [0.1, 0.15) is 22.7 Å². The number of imide groups is 1. The summed E-state index contributed by atoms with van der Waals surface area (Å²) in [4.78, 5) is 28.1. The van der Waals surface area contributed by atoms with Gasteiger partial charge in [0.15, 0.2) is 0 Å². The normalized spacial score (nSPS) is 19.5. The van der Waals surface area contributed by atoms with Gasteiger partial charge in [-0.25, -0.2) is 4.79 Å². The molecule has 0 bridgehead atoms. The number of urea groups is 1. The first-order chi connectivity index (χ1) is 13.2. The molecule has 1 unspecified atom stereocenters. The SMILES string of the molecule is COc1cccc(C2c3ccccc3CCN2CC(=O)N2CCNC2=O)c1. The maximum Gasteiger partial charge on any atom is 0.324 e. The molecule has 4 rings (SSSR count). The number of rotatable bonds is 4. The number of ether oxygens (including phenoxy) is 1. The topological polar surface area (TPSA) is 61.9 Å². The van der Waals surface area contributed by atoms with E-state index in [-0.39, 0.29) is 24.5 Å². The number of fused-ring (bicyclic) bond motifs is 1. The Bertz CT molecular complexity index is 867. The number of hydrogen-bond donors (Lipinski definition) is 1. The molecule has 1 atom stereocenters. The van der Waals surface area contributed by atoms with Crippen molar-refractivity contribution in [3.05, 3.63) is 65.2 Å². The van der Waals surface area contributed by atoms with Crippen molar-refractivity contribution in [2.75, 3.05) is 33.3 Å². The molecule has 2 aromatic rings. The molecule has 6 nitrogen and oxygen atoms in total. The minimum Gasteiger partial charge on any atom is -0.497 e. The maximum absolute atomic E-state index is 12.7. The second kappa shape index (κ2) is 7.40. The van der Waals surface area contributed by atoms with Crippen LogP contribution in [0.25, 0.3) is 0 Å². The molecule has 1 fully saturated rings. The molecule has 2 heterocycles. The molecule has 27 heavy (non-hydrogen) atoms. The molecule has 2 aliphatic rings. The van der Waals surface area contributed by atoms with Crippen molar-refractivity contribution < 1.29 is 14.3 Å². The zero-order chi connectivity index (χ0) is 18.8. The third-order valence-corrected chi connectivity index (χ3v) is 5.29. The van der Waals surface area contributed by atoms with Crippen LogP contribution in [0.4, 0.5) is 4.79 Å². The van der Waals surface area contributed by atoms with E-state index in [1.165, 1.54) is 16.0 Å². The van der Waals surface area contributed by atoms with E-state index >= 15 is 0 Å². The van der Waals surface area contributed by atoms with E-state index in [1.807, 2.05) is 24.3 Å². The average molecular weight is 365 g/mol. The molecule has 0 saturated carbocycles. The molecular formula is C21H23N3O3. The number of hydrogen-bond acceptors (Lipinski definition) is 4. The zero-order valence-electron chi connectivity index (χ0n) is 15.4. The predicted octanol–water partition coefficient (Wildman–Crippen LogP) is 2.19. The van der Waals surface area contributed by atoms with Gasteiger partial charge in [0.1, 0.15) is 5.75 Å². The van der Waals surface area contributed by atoms with E-state index in [4.69, 9.17) is 4.74 Å². The first kappa shape index (κ1) is 17.5. The lowest BCUT2D eigenvalue weighted by Crippen LogP contribution is -2.45. The minimum absolute atomic E-state index is 0.0420. The second-order valence-corrected chi connectivity index (χ2v) is 6.88. The lowest BCUT2D eigenvalue weighted by atomic mass is 9.88. The molecule has 140 valence electrons. The molecule has 3 amide bonds. The van der Waals surface area contributed by atoms with Crippen LogP contribution in [0.3, 0.4) is 0 Å². The van der Waals surface area contributed by atoms with Gasteiger partial charge >= 0.3 is 6.03 Å². The Hall–Kier alpha value is -2.86. The molecule has 0 aromatic heterocycles. The highest BCUT2D eigenvalue weighted by atomic mass is 16.5. The Kier molecular flexibility index (Phi) is 4.81. The van der Waals surface area contributed by atoms with Gasteiger partial charge in [0.05, 0.1) is 19.7 Å². The fourth-order valence-corrected chi connectivity index (χ4v) is 3.96. The molecule has 0 spiro atoms. The summed E-state index contributed by atoms with van der Waals surface area (Å²) < 4.78 is 5.40. The Morgan fingerprint density at radius 2 is 2.04 bits per heavy atom. The summed E-state index contributed by atoms with van der Waals surface area (Å²) in [5.74, 6) is 0.637. The van der Waals surface area contributed by atoms with Gasteiger partial charge in [0, 0.05) is 19.6 Å². The van der Waals surface area contributed by atoms with Crippen molar-refractivity contribution in [3.8, 4) is 5.75 Å². The number of methoxy groups -OCH3 is 1. The first-order valence-corrected chi connectivity index (χ1v) is 9.21. The number of amides is 3. The summed E-state index contributed by atoms with van der Waals surface area (Å²) in [6.45, 7) is 1.93. The number of carbonyl (C=O) groups is 2. The fraction of sp³-hybridized carbons (Fsp3) is 0.333. The highest BCUT2D eigenvalue weighted by Crippen LogP contribution is 2.36. The summed E-state index contributed by atoms with van der Waals surface area (Å²) in [6, 6.07) is 16.0. The highest BCUT2D eigenvalue weighted by Gasteiger charge is 2.33.